The van der Waals surface area contributed by atoms with Crippen LogP contribution in [0.4, 0.5) is 5.13 Å². The lowest BCUT2D eigenvalue weighted by molar-refractivity contribution is -0.116. The van der Waals surface area contributed by atoms with Gasteiger partial charge in [-0.15, -0.1) is 11.3 Å². The highest BCUT2D eigenvalue weighted by molar-refractivity contribution is 7.15. The number of aromatic hydroxyl groups is 1. The maximum Gasteiger partial charge on any atom is 0.226 e. The zero-order chi connectivity index (χ0) is 25.3. The molecule has 3 aliphatic carbocycles. The van der Waals surface area contributed by atoms with Gasteiger partial charge in [0.2, 0.25) is 5.91 Å². The Morgan fingerprint density at radius 3 is 3.06 bits per heavy atom. The van der Waals surface area contributed by atoms with Gasteiger partial charge in [-0.2, -0.15) is 0 Å². The summed E-state index contributed by atoms with van der Waals surface area (Å²) in [5, 5.41) is 18.3. The Morgan fingerprint density at radius 2 is 2.28 bits per heavy atom. The van der Waals surface area contributed by atoms with E-state index in [4.69, 9.17) is 4.84 Å². The van der Waals surface area contributed by atoms with E-state index < -0.39 is 0 Å². The van der Waals surface area contributed by atoms with Crippen molar-refractivity contribution in [1.82, 2.24) is 4.98 Å². The van der Waals surface area contributed by atoms with Crippen LogP contribution in [0.1, 0.15) is 73.8 Å². The number of aromatic nitrogens is 1. The minimum Gasteiger partial charge on any atom is -0.508 e. The minimum atomic E-state index is 0.0299. The number of amides is 1. The van der Waals surface area contributed by atoms with E-state index in [1.54, 1.807) is 12.3 Å². The number of carbonyl (C=O) groups excluding carboxylic acids is 1. The normalized spacial score (nSPS) is 29.8. The topological polar surface area (TPSA) is 83.8 Å². The van der Waals surface area contributed by atoms with Gasteiger partial charge in [0, 0.05) is 22.9 Å². The van der Waals surface area contributed by atoms with Crippen molar-refractivity contribution in [2.45, 2.75) is 71.1 Å². The number of nitrogens with zero attached hydrogens (tertiary/aromatic N) is 2. The second-order valence-corrected chi connectivity index (χ2v) is 12.2. The smallest absolute Gasteiger partial charge is 0.226 e. The third-order valence-electron chi connectivity index (χ3n) is 8.80. The number of nitrogens with one attached hydrogen (secondary N) is 1. The summed E-state index contributed by atoms with van der Waals surface area (Å²) in [6.07, 6.45) is 11.2. The molecule has 3 aliphatic rings. The predicted molar refractivity (Wildman–Crippen MR) is 145 cm³/mol. The van der Waals surface area contributed by atoms with Crippen molar-refractivity contribution in [3.8, 4) is 5.75 Å². The van der Waals surface area contributed by atoms with Gasteiger partial charge in [0.1, 0.15) is 12.4 Å². The monoisotopic (exact) mass is 507 g/mol. The molecule has 0 spiro atoms. The van der Waals surface area contributed by atoms with E-state index in [-0.39, 0.29) is 11.3 Å². The maximum atomic E-state index is 12.6. The molecule has 2 saturated carbocycles. The molecular formula is C29H37N3O3S. The van der Waals surface area contributed by atoms with Crippen molar-refractivity contribution < 1.29 is 14.7 Å². The first-order valence-electron chi connectivity index (χ1n) is 13.2. The molecule has 7 heteroatoms. The molecule has 1 aromatic carbocycles. The van der Waals surface area contributed by atoms with Gasteiger partial charge in [0.15, 0.2) is 5.13 Å². The van der Waals surface area contributed by atoms with Crippen molar-refractivity contribution in [3.63, 3.8) is 0 Å². The van der Waals surface area contributed by atoms with E-state index in [1.807, 2.05) is 19.1 Å². The van der Waals surface area contributed by atoms with E-state index >= 15 is 0 Å². The molecule has 0 radical (unpaired) electrons. The fourth-order valence-electron chi connectivity index (χ4n) is 7.34. The molecule has 3 unspecified atom stereocenters. The first kappa shape index (κ1) is 25.0. The van der Waals surface area contributed by atoms with Crippen LogP contribution in [0.25, 0.3) is 0 Å². The van der Waals surface area contributed by atoms with Crippen molar-refractivity contribution in [2.75, 3.05) is 11.9 Å². The standard InChI is InChI=1S/C29H37N3O3S/c1-4-14-35-32-25-16-20(6-5-7-26(34)31-28-30-17-18(2)36-28)27-24-10-8-19-15-21(33)9-11-22(19)23(24)12-13-29(25,27)3/h4,9,11,15,17,20,23-24,27,33H,1,5-8,10,12-14,16H2,2-3H3,(H,30,31,34)/b32-25+/t20-,23?,24?,27?,29-/m1/s1. The molecule has 2 fully saturated rings. The summed E-state index contributed by atoms with van der Waals surface area (Å²) in [4.78, 5) is 23.5. The minimum absolute atomic E-state index is 0.0299. The number of anilines is 1. The summed E-state index contributed by atoms with van der Waals surface area (Å²) < 4.78 is 0. The third kappa shape index (κ3) is 4.82. The molecule has 1 amide bonds. The first-order chi connectivity index (χ1) is 17.4. The Balaban J connectivity index is 1.33. The molecule has 0 aliphatic heterocycles. The second-order valence-electron chi connectivity index (χ2n) is 11.0. The summed E-state index contributed by atoms with van der Waals surface area (Å²) in [5.41, 5.74) is 3.96. The number of thiazole rings is 1. The number of fused-ring (bicyclic) bond motifs is 5. The van der Waals surface area contributed by atoms with Gasteiger partial charge in [-0.05, 0) is 98.8 Å². The van der Waals surface area contributed by atoms with Crippen molar-refractivity contribution in [1.29, 1.82) is 0 Å². The average molecular weight is 508 g/mol. The lowest BCUT2D eigenvalue weighted by atomic mass is 9.54. The Hall–Kier alpha value is -2.67. The van der Waals surface area contributed by atoms with Gasteiger partial charge in [0.05, 0.1) is 5.71 Å². The van der Waals surface area contributed by atoms with Crippen LogP contribution in [0.15, 0.2) is 42.2 Å². The predicted octanol–water partition coefficient (Wildman–Crippen LogP) is 6.61. The molecular weight excluding hydrogens is 470 g/mol. The van der Waals surface area contributed by atoms with Crippen LogP contribution >= 0.6 is 11.3 Å². The number of phenolic OH excluding ortho intramolecular Hbond substituents is 1. The van der Waals surface area contributed by atoms with Crippen LogP contribution in [-0.4, -0.2) is 28.3 Å². The molecule has 1 heterocycles. The number of carbonyl (C=O) groups is 1. The van der Waals surface area contributed by atoms with E-state index in [1.165, 1.54) is 28.2 Å². The summed E-state index contributed by atoms with van der Waals surface area (Å²) in [6, 6.07) is 5.96. The van der Waals surface area contributed by atoms with Gasteiger partial charge in [-0.1, -0.05) is 30.8 Å². The number of oxime groups is 1. The number of hydrogen-bond donors (Lipinski definition) is 2. The summed E-state index contributed by atoms with van der Waals surface area (Å²) in [6.45, 7) is 8.57. The van der Waals surface area contributed by atoms with E-state index in [2.05, 4.69) is 35.0 Å². The molecule has 1 aromatic heterocycles. The molecule has 0 saturated heterocycles. The quantitative estimate of drug-likeness (QED) is 0.239. The van der Waals surface area contributed by atoms with E-state index in [0.29, 0.717) is 47.6 Å². The highest BCUT2D eigenvalue weighted by Crippen LogP contribution is 2.62. The SMILES string of the molecule is C=CCO/N=C1\C[C@@H](CCCC(=O)Nc2ncc(C)s2)C2C3CCc4cc(O)ccc4C3CC[C@]12C. The molecule has 5 atom stereocenters. The number of rotatable bonds is 8. The Kier molecular flexibility index (Phi) is 7.20. The molecule has 0 bridgehead atoms. The van der Waals surface area contributed by atoms with Gasteiger partial charge in [-0.3, -0.25) is 4.79 Å². The first-order valence-corrected chi connectivity index (χ1v) is 14.0. The van der Waals surface area contributed by atoms with Crippen molar-refractivity contribution >= 4 is 28.1 Å². The van der Waals surface area contributed by atoms with Crippen LogP contribution in [-0.2, 0) is 16.1 Å². The Labute approximate surface area is 217 Å². The summed E-state index contributed by atoms with van der Waals surface area (Å²) in [7, 11) is 0. The summed E-state index contributed by atoms with van der Waals surface area (Å²) in [5.74, 6) is 2.54. The number of benzene rings is 1. The zero-order valence-corrected chi connectivity index (χ0v) is 22.2. The number of phenols is 1. The second kappa shape index (κ2) is 10.4. The van der Waals surface area contributed by atoms with Crippen LogP contribution in [0.3, 0.4) is 0 Å². The van der Waals surface area contributed by atoms with Crippen molar-refractivity contribution in [2.24, 2.45) is 28.3 Å². The van der Waals surface area contributed by atoms with E-state index in [0.717, 1.165) is 49.8 Å². The van der Waals surface area contributed by atoms with Gasteiger partial charge >= 0.3 is 0 Å². The molecule has 5 rings (SSSR count). The van der Waals surface area contributed by atoms with Crippen LogP contribution in [0.5, 0.6) is 5.75 Å². The zero-order valence-electron chi connectivity index (χ0n) is 21.3. The maximum absolute atomic E-state index is 12.6. The molecule has 192 valence electrons. The number of hydrogen-bond acceptors (Lipinski definition) is 6. The summed E-state index contributed by atoms with van der Waals surface area (Å²) >= 11 is 1.51. The molecule has 36 heavy (non-hydrogen) atoms. The largest absolute Gasteiger partial charge is 0.508 e. The Morgan fingerprint density at radius 1 is 1.42 bits per heavy atom. The van der Waals surface area contributed by atoms with E-state index in [9.17, 15) is 9.90 Å². The van der Waals surface area contributed by atoms with Crippen molar-refractivity contribution in [3.05, 3.63) is 53.1 Å². The number of aryl methyl sites for hydroxylation is 2. The fourth-order valence-corrected chi connectivity index (χ4v) is 8.02. The van der Waals surface area contributed by atoms with Gasteiger partial charge < -0.3 is 15.3 Å². The highest BCUT2D eigenvalue weighted by atomic mass is 32.1. The lowest BCUT2D eigenvalue weighted by Crippen LogP contribution is -2.44. The van der Waals surface area contributed by atoms with Gasteiger partial charge in [-0.25, -0.2) is 4.98 Å². The molecule has 2 aromatic rings. The molecule has 2 N–H and O–H groups in total. The van der Waals surface area contributed by atoms with Crippen LogP contribution < -0.4 is 5.32 Å². The highest BCUT2D eigenvalue weighted by Gasteiger charge is 2.57. The Bertz CT molecular complexity index is 1160. The average Bonchev–Trinajstić information content (AvgIpc) is 3.38. The van der Waals surface area contributed by atoms with Crippen LogP contribution in [0, 0.1) is 30.1 Å². The fraction of sp³-hybridized carbons (Fsp3) is 0.552. The molecule has 6 nitrogen and oxygen atoms in total. The van der Waals surface area contributed by atoms with Gasteiger partial charge in [0.25, 0.3) is 0 Å². The third-order valence-corrected chi connectivity index (χ3v) is 9.63. The lowest BCUT2D eigenvalue weighted by Gasteiger charge is -2.50. The van der Waals surface area contributed by atoms with Crippen LogP contribution in [0.2, 0.25) is 0 Å².